The summed E-state index contributed by atoms with van der Waals surface area (Å²) in [5.74, 6) is 0.428. The lowest BCUT2D eigenvalue weighted by Gasteiger charge is -2.14. The molecule has 0 unspecified atom stereocenters. The zero-order valence-electron chi connectivity index (χ0n) is 16.8. The van der Waals surface area contributed by atoms with Gasteiger partial charge >= 0.3 is 0 Å². The lowest BCUT2D eigenvalue weighted by atomic mass is 9.92. The number of nitrogens with zero attached hydrogens (tertiary/aromatic N) is 1. The van der Waals surface area contributed by atoms with E-state index < -0.39 is 6.37 Å². The smallest absolute Gasteiger partial charge is 0.201 e. The molecule has 0 amide bonds. The second kappa shape index (κ2) is 7.09. The Hall–Kier alpha value is -1.63. The van der Waals surface area contributed by atoms with Gasteiger partial charge in [-0.2, -0.15) is 0 Å². The summed E-state index contributed by atoms with van der Waals surface area (Å²) >= 11 is 0. The molecule has 1 nitrogen and oxygen atoms in total. The van der Waals surface area contributed by atoms with Crippen molar-refractivity contribution in [2.75, 3.05) is 0 Å². The molecule has 1 heterocycles. The molecule has 0 aliphatic heterocycles. The van der Waals surface area contributed by atoms with Crippen LogP contribution in [0.15, 0.2) is 36.5 Å². The minimum atomic E-state index is -1.33. The summed E-state index contributed by atoms with van der Waals surface area (Å²) in [5, 5.41) is 0. The van der Waals surface area contributed by atoms with Crippen LogP contribution in [0.5, 0.6) is 0 Å². The number of pyridine rings is 1. The number of rotatable bonds is 5. The summed E-state index contributed by atoms with van der Waals surface area (Å²) in [6, 6.07) is 10.6. The topological polar surface area (TPSA) is 3.88 Å². The Bertz CT molecular complexity index is 718. The van der Waals surface area contributed by atoms with Gasteiger partial charge in [0.1, 0.15) is 7.05 Å². The average molecular weight is 298 g/mol. The molecule has 0 aliphatic rings. The molecule has 0 fully saturated rings. The van der Waals surface area contributed by atoms with E-state index in [1.807, 2.05) is 27.1 Å². The van der Waals surface area contributed by atoms with Crippen molar-refractivity contribution in [3.05, 3.63) is 53.2 Å². The number of hydrogen-bond donors (Lipinski definition) is 0. The first-order valence-corrected chi connectivity index (χ1v) is 8.23. The zero-order chi connectivity index (χ0) is 18.1. The molecule has 0 N–H and O–H groups in total. The number of aryl methyl sites for hydroxylation is 2. The molecule has 1 aromatic carbocycles. The molecule has 0 saturated carbocycles. The maximum Gasteiger partial charge on any atom is 0.212 e. The number of hydrogen-bond acceptors (Lipinski definition) is 0. The molecule has 2 rings (SSSR count). The van der Waals surface area contributed by atoms with Crippen LogP contribution in [-0.2, 0) is 19.8 Å². The van der Waals surface area contributed by atoms with Crippen LogP contribution in [0.2, 0.25) is 0 Å². The molecule has 1 aromatic heterocycles. The summed E-state index contributed by atoms with van der Waals surface area (Å²) in [7, 11) is 2.01. The van der Waals surface area contributed by atoms with E-state index in [4.69, 9.17) is 2.74 Å². The van der Waals surface area contributed by atoms with Crippen LogP contribution in [0.3, 0.4) is 0 Å². The predicted molar refractivity (Wildman–Crippen MR) is 94.9 cm³/mol. The summed E-state index contributed by atoms with van der Waals surface area (Å²) in [6.07, 6.45) is 1.56. The molecule has 0 bridgehead atoms. The fourth-order valence-corrected chi connectivity index (χ4v) is 2.87. The first kappa shape index (κ1) is 14.0. The van der Waals surface area contributed by atoms with Crippen molar-refractivity contribution >= 4 is 0 Å². The second-order valence-corrected chi connectivity index (χ2v) is 6.92. The lowest BCUT2D eigenvalue weighted by Crippen LogP contribution is -2.32. The van der Waals surface area contributed by atoms with E-state index >= 15 is 0 Å². The highest BCUT2D eigenvalue weighted by Gasteiger charge is 2.18. The van der Waals surface area contributed by atoms with Crippen LogP contribution in [0.25, 0.3) is 11.3 Å². The highest BCUT2D eigenvalue weighted by Crippen LogP contribution is 2.24. The van der Waals surface area contributed by atoms with Crippen molar-refractivity contribution in [1.82, 2.24) is 0 Å². The third kappa shape index (κ3) is 3.97. The molecule has 0 radical (unpaired) electrons. The third-order valence-electron chi connectivity index (χ3n) is 3.85. The fraction of sp³-hybridized carbons (Fsp3) is 0.476. The number of aromatic nitrogens is 1. The molecule has 2 aromatic rings. The van der Waals surface area contributed by atoms with E-state index in [1.54, 1.807) is 0 Å². The normalized spacial score (nSPS) is 13.5. The molecule has 0 atom stereocenters. The minimum Gasteiger partial charge on any atom is -0.201 e. The maximum absolute atomic E-state index is 8.57. The van der Waals surface area contributed by atoms with Crippen molar-refractivity contribution in [3.8, 4) is 11.3 Å². The first-order valence-electron chi connectivity index (χ1n) is 9.23. The van der Waals surface area contributed by atoms with E-state index in [9.17, 15) is 0 Å². The van der Waals surface area contributed by atoms with E-state index in [0.29, 0.717) is 5.92 Å². The van der Waals surface area contributed by atoms with Gasteiger partial charge in [0.15, 0.2) is 6.20 Å². The van der Waals surface area contributed by atoms with Crippen LogP contribution in [0, 0.1) is 18.8 Å². The molecule has 0 saturated heterocycles. The van der Waals surface area contributed by atoms with Gasteiger partial charge < -0.3 is 0 Å². The van der Waals surface area contributed by atoms with Crippen LogP contribution in [0.4, 0.5) is 0 Å². The molecule has 0 aliphatic carbocycles. The van der Waals surface area contributed by atoms with E-state index in [2.05, 4.69) is 55.7 Å². The van der Waals surface area contributed by atoms with Crippen molar-refractivity contribution in [3.63, 3.8) is 0 Å². The zero-order valence-corrected chi connectivity index (χ0v) is 14.8. The number of benzene rings is 1. The molecule has 22 heavy (non-hydrogen) atoms. The van der Waals surface area contributed by atoms with Gasteiger partial charge in [-0.05, 0) is 48.7 Å². The minimum absolute atomic E-state index is 0.0623. The molecular formula is C21H30N+. The van der Waals surface area contributed by atoms with Crippen molar-refractivity contribution < 1.29 is 7.31 Å². The van der Waals surface area contributed by atoms with Gasteiger partial charge in [-0.25, -0.2) is 4.57 Å². The quantitative estimate of drug-likeness (QED) is 0.692. The van der Waals surface area contributed by atoms with Crippen LogP contribution >= 0.6 is 0 Å². The average Bonchev–Trinajstić information content (AvgIpc) is 2.48. The molecular weight excluding hydrogens is 266 g/mol. The Balaban J connectivity index is 2.68. The Morgan fingerprint density at radius 3 is 2.32 bits per heavy atom. The van der Waals surface area contributed by atoms with Crippen molar-refractivity contribution in [2.24, 2.45) is 18.9 Å². The van der Waals surface area contributed by atoms with Gasteiger partial charge in [-0.3, -0.25) is 0 Å². The Morgan fingerprint density at radius 2 is 1.73 bits per heavy atom. The van der Waals surface area contributed by atoms with Gasteiger partial charge in [-0.15, -0.1) is 0 Å². The SMILES string of the molecule is [2H]C([2H])(c1c[n+](C)c(-c2ccccc2C)cc1CC(C)C)C(C)C. The van der Waals surface area contributed by atoms with E-state index in [0.717, 1.165) is 23.2 Å². The second-order valence-electron chi connectivity index (χ2n) is 6.92. The third-order valence-corrected chi connectivity index (χ3v) is 3.85. The Kier molecular flexibility index (Phi) is 4.51. The monoisotopic (exact) mass is 298 g/mol. The highest BCUT2D eigenvalue weighted by molar-refractivity contribution is 5.61. The Morgan fingerprint density at radius 1 is 1.05 bits per heavy atom. The van der Waals surface area contributed by atoms with Crippen LogP contribution in [0.1, 0.15) is 47.1 Å². The summed E-state index contributed by atoms with van der Waals surface area (Å²) in [6.45, 7) is 10.4. The van der Waals surface area contributed by atoms with Crippen molar-refractivity contribution in [1.29, 1.82) is 0 Å². The van der Waals surface area contributed by atoms with Crippen LogP contribution < -0.4 is 4.57 Å². The predicted octanol–water partition coefficient (Wildman–Crippen LogP) is 4.88. The summed E-state index contributed by atoms with van der Waals surface area (Å²) in [4.78, 5) is 0. The molecule has 118 valence electrons. The van der Waals surface area contributed by atoms with Crippen molar-refractivity contribution in [2.45, 2.75) is 47.4 Å². The fourth-order valence-electron chi connectivity index (χ4n) is 2.87. The first-order chi connectivity index (χ1) is 11.1. The lowest BCUT2D eigenvalue weighted by molar-refractivity contribution is -0.660. The van der Waals surface area contributed by atoms with E-state index in [-0.39, 0.29) is 5.92 Å². The molecule has 0 spiro atoms. The largest absolute Gasteiger partial charge is 0.212 e. The van der Waals surface area contributed by atoms with Crippen LogP contribution in [-0.4, -0.2) is 0 Å². The standard InChI is InChI=1S/C21H30N/c1-15(2)11-18-13-21(20-10-8-7-9-17(20)5)22(6)14-19(18)12-16(3)4/h7-10,13-16H,11-12H2,1-6H3/q+1/i12D2. The van der Waals surface area contributed by atoms with Gasteiger partial charge in [0, 0.05) is 19.9 Å². The highest BCUT2D eigenvalue weighted by atomic mass is 14.9. The van der Waals surface area contributed by atoms with Gasteiger partial charge in [0.05, 0.1) is 0 Å². The Labute approximate surface area is 138 Å². The van der Waals surface area contributed by atoms with Gasteiger partial charge in [-0.1, -0.05) is 45.9 Å². The van der Waals surface area contributed by atoms with Gasteiger partial charge in [0.2, 0.25) is 5.69 Å². The van der Waals surface area contributed by atoms with E-state index in [1.165, 1.54) is 11.1 Å². The summed E-state index contributed by atoms with van der Waals surface area (Å²) in [5.41, 5.74) is 5.54. The van der Waals surface area contributed by atoms with Gasteiger partial charge in [0.25, 0.3) is 0 Å². The maximum atomic E-state index is 8.57. The summed E-state index contributed by atoms with van der Waals surface area (Å²) < 4.78 is 19.2. The molecule has 1 heteroatoms.